The van der Waals surface area contributed by atoms with Crippen LogP contribution in [0.3, 0.4) is 0 Å². The minimum atomic E-state index is -3.91. The number of hydrogen-bond acceptors (Lipinski definition) is 6. The highest BCUT2D eigenvalue weighted by molar-refractivity contribution is 7.86. The van der Waals surface area contributed by atoms with Gasteiger partial charge in [-0.2, -0.15) is 8.42 Å². The van der Waals surface area contributed by atoms with Crippen LogP contribution < -0.4 is 14.3 Å². The Hall–Kier alpha value is -2.80. The van der Waals surface area contributed by atoms with Crippen molar-refractivity contribution in [3.8, 4) is 22.8 Å². The molecule has 0 N–H and O–H groups in total. The molecule has 25 heavy (non-hydrogen) atoms. The molecule has 3 rings (SSSR count). The van der Waals surface area contributed by atoms with Gasteiger partial charge in [-0.15, -0.1) is 0 Å². The lowest BCUT2D eigenvalue weighted by molar-refractivity contribution is 0.415. The Kier molecular flexibility index (Phi) is 4.26. The molecule has 0 aliphatic carbocycles. The molecule has 0 radical (unpaired) electrons. The molecule has 0 amide bonds. The Balaban J connectivity index is 2.33. The molecule has 3 aromatic rings. The van der Waals surface area contributed by atoms with Gasteiger partial charge in [-0.05, 0) is 43.3 Å². The van der Waals surface area contributed by atoms with Crippen LogP contribution in [0.1, 0.15) is 5.56 Å². The van der Waals surface area contributed by atoms with E-state index in [2.05, 4.69) is 0 Å². The topological polar surface area (TPSA) is 82.8 Å². The van der Waals surface area contributed by atoms with E-state index >= 15 is 0 Å². The molecular formula is C18H16O6S. The molecule has 0 aliphatic rings. The molecule has 0 fully saturated rings. The van der Waals surface area contributed by atoms with Crippen molar-refractivity contribution in [2.75, 3.05) is 13.4 Å². The molecule has 1 heterocycles. The van der Waals surface area contributed by atoms with Gasteiger partial charge in [0.15, 0.2) is 5.76 Å². The predicted octanol–water partition coefficient (Wildman–Crippen LogP) is 3.12. The molecule has 1 aromatic heterocycles. The monoisotopic (exact) mass is 360 g/mol. The summed E-state index contributed by atoms with van der Waals surface area (Å²) in [5.74, 6) is 0.313. The van der Waals surface area contributed by atoms with E-state index in [1.54, 1.807) is 42.5 Å². The Morgan fingerprint density at radius 3 is 2.32 bits per heavy atom. The molecule has 0 spiro atoms. The van der Waals surface area contributed by atoms with Crippen molar-refractivity contribution < 1.29 is 21.8 Å². The Labute approximate surface area is 144 Å². The van der Waals surface area contributed by atoms with Crippen LogP contribution in [0.25, 0.3) is 22.3 Å². The van der Waals surface area contributed by atoms with Crippen LogP contribution in [0.4, 0.5) is 0 Å². The molecule has 0 saturated heterocycles. The lowest BCUT2D eigenvalue weighted by Gasteiger charge is -2.11. The Bertz CT molecular complexity index is 1090. The predicted molar refractivity (Wildman–Crippen MR) is 94.7 cm³/mol. The molecule has 0 atom stereocenters. The summed E-state index contributed by atoms with van der Waals surface area (Å²) >= 11 is 0. The molecule has 0 aliphatic heterocycles. The highest BCUT2D eigenvalue weighted by Crippen LogP contribution is 2.32. The van der Waals surface area contributed by atoms with Crippen LogP contribution in [0.15, 0.2) is 51.7 Å². The molecule has 7 heteroatoms. The van der Waals surface area contributed by atoms with Crippen LogP contribution in [0, 0.1) is 6.92 Å². The second-order valence-electron chi connectivity index (χ2n) is 5.61. The minimum absolute atomic E-state index is 0.0504. The van der Waals surface area contributed by atoms with E-state index in [-0.39, 0.29) is 16.9 Å². The van der Waals surface area contributed by atoms with Crippen LogP contribution in [0.5, 0.6) is 11.5 Å². The van der Waals surface area contributed by atoms with Crippen LogP contribution in [-0.4, -0.2) is 21.8 Å². The maximum atomic E-state index is 12.8. The average Bonchev–Trinajstić information content (AvgIpc) is 2.57. The lowest BCUT2D eigenvalue weighted by atomic mass is 10.1. The van der Waals surface area contributed by atoms with E-state index in [0.29, 0.717) is 16.9 Å². The first-order valence-corrected chi connectivity index (χ1v) is 9.21. The quantitative estimate of drug-likeness (QED) is 0.665. The van der Waals surface area contributed by atoms with Gasteiger partial charge in [-0.25, -0.2) is 0 Å². The summed E-state index contributed by atoms with van der Waals surface area (Å²) in [4.78, 5) is 12.8. The van der Waals surface area contributed by atoms with Gasteiger partial charge in [-0.1, -0.05) is 11.6 Å². The van der Waals surface area contributed by atoms with Gasteiger partial charge >= 0.3 is 10.1 Å². The molecular weight excluding hydrogens is 344 g/mol. The van der Waals surface area contributed by atoms with E-state index in [0.717, 1.165) is 11.8 Å². The largest absolute Gasteiger partial charge is 0.497 e. The fraction of sp³-hybridized carbons (Fsp3) is 0.167. The maximum absolute atomic E-state index is 12.8. The zero-order valence-electron chi connectivity index (χ0n) is 13.9. The summed E-state index contributed by atoms with van der Waals surface area (Å²) in [6, 6.07) is 11.8. The number of methoxy groups -OCH3 is 1. The number of ether oxygens (including phenoxy) is 1. The highest BCUT2D eigenvalue weighted by atomic mass is 32.2. The van der Waals surface area contributed by atoms with Crippen molar-refractivity contribution in [3.63, 3.8) is 0 Å². The average molecular weight is 360 g/mol. The van der Waals surface area contributed by atoms with Gasteiger partial charge in [0.05, 0.1) is 18.8 Å². The summed E-state index contributed by atoms with van der Waals surface area (Å²) in [5.41, 5.74) is 1.16. The lowest BCUT2D eigenvalue weighted by Crippen LogP contribution is -2.15. The van der Waals surface area contributed by atoms with E-state index in [4.69, 9.17) is 13.3 Å². The maximum Gasteiger partial charge on any atom is 0.306 e. The third kappa shape index (κ3) is 3.51. The van der Waals surface area contributed by atoms with Crippen LogP contribution >= 0.6 is 0 Å². The zero-order chi connectivity index (χ0) is 18.2. The first kappa shape index (κ1) is 17.0. The van der Waals surface area contributed by atoms with Crippen molar-refractivity contribution in [3.05, 3.63) is 58.3 Å². The summed E-state index contributed by atoms with van der Waals surface area (Å²) in [7, 11) is -2.37. The second kappa shape index (κ2) is 6.25. The Morgan fingerprint density at radius 1 is 1.04 bits per heavy atom. The number of rotatable bonds is 4. The highest BCUT2D eigenvalue weighted by Gasteiger charge is 2.21. The number of aryl methyl sites for hydroxylation is 1. The summed E-state index contributed by atoms with van der Waals surface area (Å²) < 4.78 is 39.1. The fourth-order valence-corrected chi connectivity index (χ4v) is 2.91. The minimum Gasteiger partial charge on any atom is -0.497 e. The van der Waals surface area contributed by atoms with Gasteiger partial charge in [0.25, 0.3) is 0 Å². The van der Waals surface area contributed by atoms with Gasteiger partial charge in [-0.3, -0.25) is 4.79 Å². The van der Waals surface area contributed by atoms with Crippen LogP contribution in [-0.2, 0) is 10.1 Å². The van der Waals surface area contributed by atoms with Gasteiger partial charge < -0.3 is 13.3 Å². The summed E-state index contributed by atoms with van der Waals surface area (Å²) in [5, 5.41) is 0.260. The molecule has 0 unspecified atom stereocenters. The van der Waals surface area contributed by atoms with E-state index in [9.17, 15) is 13.2 Å². The standard InChI is InChI=1S/C18H16O6S/c1-11-4-9-15-14(10-11)16(19)18(24-25(3,20)21)17(23-15)12-5-7-13(22-2)8-6-12/h4-10H,1-3H3. The number of benzene rings is 2. The molecule has 130 valence electrons. The van der Waals surface area contributed by atoms with Gasteiger partial charge in [0, 0.05) is 5.56 Å². The van der Waals surface area contributed by atoms with Crippen molar-refractivity contribution in [1.82, 2.24) is 0 Å². The number of hydrogen-bond donors (Lipinski definition) is 0. The second-order valence-corrected chi connectivity index (χ2v) is 7.18. The third-order valence-corrected chi connectivity index (χ3v) is 4.06. The summed E-state index contributed by atoms with van der Waals surface area (Å²) in [6.07, 6.45) is 0.880. The van der Waals surface area contributed by atoms with Gasteiger partial charge in [0.1, 0.15) is 11.3 Å². The molecule has 0 saturated carbocycles. The first-order chi connectivity index (χ1) is 11.8. The summed E-state index contributed by atoms with van der Waals surface area (Å²) in [6.45, 7) is 1.83. The van der Waals surface area contributed by atoms with E-state index < -0.39 is 15.5 Å². The van der Waals surface area contributed by atoms with E-state index in [1.165, 1.54) is 7.11 Å². The number of fused-ring (bicyclic) bond motifs is 1. The van der Waals surface area contributed by atoms with Crippen molar-refractivity contribution in [2.24, 2.45) is 0 Å². The smallest absolute Gasteiger partial charge is 0.306 e. The van der Waals surface area contributed by atoms with Crippen molar-refractivity contribution in [1.29, 1.82) is 0 Å². The van der Waals surface area contributed by atoms with Gasteiger partial charge in [0.2, 0.25) is 11.2 Å². The SMILES string of the molecule is COc1ccc(-c2oc3ccc(C)cc3c(=O)c2OS(C)(=O)=O)cc1. The molecule has 2 aromatic carbocycles. The zero-order valence-corrected chi connectivity index (χ0v) is 14.7. The molecule has 6 nitrogen and oxygen atoms in total. The van der Waals surface area contributed by atoms with E-state index in [1.807, 2.05) is 6.92 Å². The first-order valence-electron chi connectivity index (χ1n) is 7.40. The fourth-order valence-electron chi connectivity index (χ4n) is 2.45. The van der Waals surface area contributed by atoms with Crippen molar-refractivity contribution >= 4 is 21.1 Å². The normalized spacial score (nSPS) is 11.5. The third-order valence-electron chi connectivity index (χ3n) is 3.59. The van der Waals surface area contributed by atoms with Crippen molar-refractivity contribution in [2.45, 2.75) is 6.92 Å². The molecule has 0 bridgehead atoms. The Morgan fingerprint density at radius 2 is 1.72 bits per heavy atom. The van der Waals surface area contributed by atoms with Crippen LogP contribution in [0.2, 0.25) is 0 Å².